The van der Waals surface area contributed by atoms with Crippen molar-refractivity contribution in [1.82, 2.24) is 10.6 Å². The maximum Gasteiger partial charge on any atom is 0.335 e. The molecular formula is C17H22Cl3N3O3S. The number of nitrogens with one attached hydrogen (secondary N) is 3. The number of rotatable bonds is 9. The van der Waals surface area contributed by atoms with E-state index < -0.39 is 15.9 Å². The van der Waals surface area contributed by atoms with Crippen LogP contribution in [-0.4, -0.2) is 32.1 Å². The quantitative estimate of drug-likeness (QED) is 0.191. The van der Waals surface area contributed by atoms with Crippen LogP contribution in [0.2, 0.25) is 0 Å². The van der Waals surface area contributed by atoms with Crippen LogP contribution in [0, 0.1) is 0 Å². The molecule has 0 aliphatic rings. The lowest BCUT2D eigenvalue weighted by atomic mass is 10.1. The maximum atomic E-state index is 12.1. The molecule has 1 rings (SSSR count). The highest BCUT2D eigenvalue weighted by Crippen LogP contribution is 2.29. The number of carbonyl (C=O) groups excluding carboxylic acids is 1. The van der Waals surface area contributed by atoms with Crippen molar-refractivity contribution in [2.24, 2.45) is 0 Å². The van der Waals surface area contributed by atoms with Crippen LogP contribution in [-0.2, 0) is 4.79 Å². The second-order valence-corrected chi connectivity index (χ2v) is 8.61. The molecular weight excluding hydrogens is 433 g/mol. The Morgan fingerprint density at radius 3 is 2.26 bits per heavy atom. The average Bonchev–Trinajstić information content (AvgIpc) is 2.58. The van der Waals surface area contributed by atoms with Gasteiger partial charge < -0.3 is 21.1 Å². The van der Waals surface area contributed by atoms with Crippen molar-refractivity contribution in [3.8, 4) is 0 Å². The Bertz CT molecular complexity index is 651. The van der Waals surface area contributed by atoms with Gasteiger partial charge in [0.2, 0.25) is 9.70 Å². The fourth-order valence-electron chi connectivity index (χ4n) is 2.14. The summed E-state index contributed by atoms with van der Waals surface area (Å²) >= 11 is 23.0. The normalized spacial score (nSPS) is 12.1. The van der Waals surface area contributed by atoms with Crippen molar-refractivity contribution in [3.05, 3.63) is 29.8 Å². The molecule has 6 nitrogen and oxygen atoms in total. The number of aromatic carboxylic acids is 1. The molecule has 0 spiro atoms. The molecule has 1 aromatic carbocycles. The van der Waals surface area contributed by atoms with E-state index in [9.17, 15) is 9.59 Å². The number of carboxylic acid groups (broad SMARTS) is 1. The number of benzene rings is 1. The van der Waals surface area contributed by atoms with Gasteiger partial charge in [-0.2, -0.15) is 0 Å². The van der Waals surface area contributed by atoms with Gasteiger partial charge in [-0.25, -0.2) is 4.79 Å². The number of unbranched alkanes of at least 4 members (excludes halogenated alkanes) is 3. The number of carbonyl (C=O) groups is 2. The van der Waals surface area contributed by atoms with Crippen LogP contribution >= 0.6 is 47.0 Å². The third kappa shape index (κ3) is 9.46. The van der Waals surface area contributed by atoms with E-state index in [0.717, 1.165) is 25.7 Å². The van der Waals surface area contributed by atoms with Crippen molar-refractivity contribution in [2.75, 3.05) is 5.32 Å². The fourth-order valence-corrected chi connectivity index (χ4v) is 2.70. The lowest BCUT2D eigenvalue weighted by Crippen LogP contribution is -2.56. The SMILES string of the molecule is CCCCCCC(=O)N[C@@H](NC(=S)Nc1ccc(C(=O)O)cc1)C(Cl)(Cl)Cl. The summed E-state index contributed by atoms with van der Waals surface area (Å²) < 4.78 is -1.82. The summed E-state index contributed by atoms with van der Waals surface area (Å²) in [5.41, 5.74) is 0.695. The molecule has 1 aromatic rings. The predicted octanol–water partition coefficient (Wildman–Crippen LogP) is 4.45. The Labute approximate surface area is 178 Å². The molecule has 0 saturated heterocycles. The third-order valence-electron chi connectivity index (χ3n) is 3.56. The van der Waals surface area contributed by atoms with Crippen molar-refractivity contribution >= 4 is 69.7 Å². The number of thiocarbonyl (C=S) groups is 1. The highest BCUT2D eigenvalue weighted by molar-refractivity contribution is 7.80. The van der Waals surface area contributed by atoms with Gasteiger partial charge in [-0.05, 0) is 42.9 Å². The molecule has 150 valence electrons. The van der Waals surface area contributed by atoms with Gasteiger partial charge in [0.25, 0.3) is 0 Å². The standard InChI is InChI=1S/C17H22Cl3N3O3S/c1-2-3-4-5-6-13(24)22-15(17(18,19)20)23-16(27)21-12-9-7-11(8-10-12)14(25)26/h7-10,15H,2-6H2,1H3,(H,22,24)(H,25,26)(H2,21,23,27)/t15-/m0/s1. The summed E-state index contributed by atoms with van der Waals surface area (Å²) in [6, 6.07) is 5.96. The van der Waals surface area contributed by atoms with Gasteiger partial charge >= 0.3 is 5.97 Å². The molecule has 0 aromatic heterocycles. The van der Waals surface area contributed by atoms with Crippen LogP contribution in [0.15, 0.2) is 24.3 Å². The minimum Gasteiger partial charge on any atom is -0.478 e. The summed E-state index contributed by atoms with van der Waals surface area (Å²) in [6.45, 7) is 2.09. The van der Waals surface area contributed by atoms with Crippen LogP contribution in [0.1, 0.15) is 49.4 Å². The number of amides is 1. The van der Waals surface area contributed by atoms with Crippen LogP contribution in [0.25, 0.3) is 0 Å². The molecule has 0 radical (unpaired) electrons. The Hall–Kier alpha value is -1.28. The van der Waals surface area contributed by atoms with Crippen LogP contribution in [0.4, 0.5) is 5.69 Å². The average molecular weight is 455 g/mol. The van der Waals surface area contributed by atoms with E-state index in [-0.39, 0.29) is 16.6 Å². The highest BCUT2D eigenvalue weighted by atomic mass is 35.6. The summed E-state index contributed by atoms with van der Waals surface area (Å²) in [7, 11) is 0. The zero-order valence-corrected chi connectivity index (χ0v) is 17.8. The van der Waals surface area contributed by atoms with Crippen molar-refractivity contribution in [2.45, 2.75) is 49.0 Å². The zero-order chi connectivity index (χ0) is 20.4. The molecule has 1 atom stereocenters. The van der Waals surface area contributed by atoms with E-state index in [1.807, 2.05) is 0 Å². The van der Waals surface area contributed by atoms with Crippen LogP contribution < -0.4 is 16.0 Å². The van der Waals surface area contributed by atoms with Gasteiger partial charge in [0, 0.05) is 12.1 Å². The van der Waals surface area contributed by atoms with E-state index in [2.05, 4.69) is 22.9 Å². The minimum absolute atomic E-state index is 0.112. The lowest BCUT2D eigenvalue weighted by molar-refractivity contribution is -0.122. The van der Waals surface area contributed by atoms with Gasteiger partial charge in [0.15, 0.2) is 5.11 Å². The number of hydrogen-bond donors (Lipinski definition) is 4. The predicted molar refractivity (Wildman–Crippen MR) is 114 cm³/mol. The van der Waals surface area contributed by atoms with Gasteiger partial charge in [-0.15, -0.1) is 0 Å². The Balaban J connectivity index is 2.61. The summed E-state index contributed by atoms with van der Waals surface area (Å²) in [5.74, 6) is -1.27. The van der Waals surface area contributed by atoms with E-state index in [0.29, 0.717) is 12.1 Å². The Morgan fingerprint density at radius 2 is 1.74 bits per heavy atom. The zero-order valence-electron chi connectivity index (χ0n) is 14.7. The van der Waals surface area contributed by atoms with Gasteiger partial charge in [0.05, 0.1) is 5.56 Å². The molecule has 27 heavy (non-hydrogen) atoms. The molecule has 4 N–H and O–H groups in total. The molecule has 0 bridgehead atoms. The molecule has 1 amide bonds. The minimum atomic E-state index is -1.82. The van der Waals surface area contributed by atoms with Gasteiger partial charge in [-0.3, -0.25) is 4.79 Å². The van der Waals surface area contributed by atoms with E-state index >= 15 is 0 Å². The molecule has 0 fully saturated rings. The molecule has 0 saturated carbocycles. The highest BCUT2D eigenvalue weighted by Gasteiger charge is 2.34. The first-order chi connectivity index (χ1) is 12.6. The molecule has 0 heterocycles. The number of carboxylic acids is 1. The molecule has 10 heteroatoms. The van der Waals surface area contributed by atoms with Crippen molar-refractivity contribution in [3.63, 3.8) is 0 Å². The first kappa shape index (κ1) is 23.8. The molecule has 0 aliphatic carbocycles. The second kappa shape index (κ2) is 11.5. The first-order valence-corrected chi connectivity index (χ1v) is 9.94. The van der Waals surface area contributed by atoms with Crippen LogP contribution in [0.3, 0.4) is 0 Å². The Morgan fingerprint density at radius 1 is 1.11 bits per heavy atom. The smallest absolute Gasteiger partial charge is 0.335 e. The topological polar surface area (TPSA) is 90.5 Å². The van der Waals surface area contributed by atoms with Crippen molar-refractivity contribution in [1.29, 1.82) is 0 Å². The number of hydrogen-bond acceptors (Lipinski definition) is 3. The molecule has 0 aliphatic heterocycles. The fraction of sp³-hybridized carbons (Fsp3) is 0.471. The van der Waals surface area contributed by atoms with E-state index in [1.54, 1.807) is 12.1 Å². The lowest BCUT2D eigenvalue weighted by Gasteiger charge is -2.27. The second-order valence-electron chi connectivity index (χ2n) is 5.83. The number of halogens is 3. The van der Waals surface area contributed by atoms with Gasteiger partial charge in [0.1, 0.15) is 6.17 Å². The Kier molecular flexibility index (Phi) is 10.2. The van der Waals surface area contributed by atoms with E-state index in [4.69, 9.17) is 52.1 Å². The first-order valence-electron chi connectivity index (χ1n) is 8.40. The van der Waals surface area contributed by atoms with Gasteiger partial charge in [-0.1, -0.05) is 61.0 Å². The molecule has 0 unspecified atom stereocenters. The third-order valence-corrected chi connectivity index (χ3v) is 4.43. The number of alkyl halides is 3. The van der Waals surface area contributed by atoms with Crippen LogP contribution in [0.5, 0.6) is 0 Å². The monoisotopic (exact) mass is 453 g/mol. The summed E-state index contributed by atoms with van der Waals surface area (Å²) in [4.78, 5) is 22.9. The number of anilines is 1. The maximum absolute atomic E-state index is 12.1. The summed E-state index contributed by atoms with van der Waals surface area (Å²) in [5, 5.41) is 17.2. The van der Waals surface area contributed by atoms with E-state index in [1.165, 1.54) is 12.1 Å². The largest absolute Gasteiger partial charge is 0.478 e. The van der Waals surface area contributed by atoms with Crippen molar-refractivity contribution < 1.29 is 14.7 Å². The summed E-state index contributed by atoms with van der Waals surface area (Å²) in [6.07, 6.45) is 3.16.